The number of piperazine rings is 1. The van der Waals surface area contributed by atoms with E-state index < -0.39 is 5.60 Å². The summed E-state index contributed by atoms with van der Waals surface area (Å²) in [5, 5.41) is 1.12. The highest BCUT2D eigenvalue weighted by Gasteiger charge is 2.26. The van der Waals surface area contributed by atoms with Crippen LogP contribution in [0.25, 0.3) is 11.0 Å². The number of para-hydroxylation sites is 1. The lowest BCUT2D eigenvalue weighted by Crippen LogP contribution is -2.50. The van der Waals surface area contributed by atoms with Crippen LogP contribution in [0.1, 0.15) is 20.8 Å². The van der Waals surface area contributed by atoms with Crippen molar-refractivity contribution in [1.29, 1.82) is 0 Å². The monoisotopic (exact) mass is 302 g/mol. The van der Waals surface area contributed by atoms with Crippen LogP contribution in [0.5, 0.6) is 0 Å². The molecule has 3 rings (SSSR count). The van der Waals surface area contributed by atoms with Gasteiger partial charge < -0.3 is 19.0 Å². The minimum absolute atomic E-state index is 0.232. The molecule has 0 spiro atoms. The summed E-state index contributed by atoms with van der Waals surface area (Å²) < 4.78 is 11.0. The molecular formula is C17H22N2O3. The lowest BCUT2D eigenvalue weighted by atomic mass is 10.2. The third-order valence-electron chi connectivity index (χ3n) is 3.73. The van der Waals surface area contributed by atoms with Gasteiger partial charge in [0.05, 0.1) is 5.69 Å². The molecule has 1 aliphatic heterocycles. The van der Waals surface area contributed by atoms with E-state index in [9.17, 15) is 4.79 Å². The quantitative estimate of drug-likeness (QED) is 0.809. The molecule has 1 amide bonds. The molecule has 0 atom stereocenters. The van der Waals surface area contributed by atoms with Gasteiger partial charge in [0.2, 0.25) is 0 Å². The van der Waals surface area contributed by atoms with Crippen LogP contribution in [-0.2, 0) is 4.74 Å². The van der Waals surface area contributed by atoms with E-state index in [1.165, 1.54) is 0 Å². The normalized spacial score (nSPS) is 16.1. The predicted octanol–water partition coefficient (Wildman–Crippen LogP) is 3.49. The number of rotatable bonds is 1. The summed E-state index contributed by atoms with van der Waals surface area (Å²) in [4.78, 5) is 16.1. The summed E-state index contributed by atoms with van der Waals surface area (Å²) in [6, 6.07) is 8.01. The second-order valence-electron chi connectivity index (χ2n) is 6.57. The Bertz CT molecular complexity index is 664. The highest BCUT2D eigenvalue weighted by molar-refractivity contribution is 5.91. The number of hydrogen-bond donors (Lipinski definition) is 0. The highest BCUT2D eigenvalue weighted by Crippen LogP contribution is 2.29. The van der Waals surface area contributed by atoms with Crippen LogP contribution >= 0.6 is 0 Å². The molecule has 1 aromatic carbocycles. The second-order valence-corrected chi connectivity index (χ2v) is 6.57. The molecule has 1 fully saturated rings. The molecule has 22 heavy (non-hydrogen) atoms. The van der Waals surface area contributed by atoms with E-state index in [-0.39, 0.29) is 6.09 Å². The standard InChI is InChI=1S/C17H22N2O3/c1-17(2,3)22-16(20)19-10-8-18(9-11-19)14-12-21-15-7-5-4-6-13(14)15/h4-7,12H,8-11H2,1-3H3. The summed E-state index contributed by atoms with van der Waals surface area (Å²) in [5.74, 6) is 0. The average molecular weight is 302 g/mol. The Labute approximate surface area is 130 Å². The Morgan fingerprint density at radius 2 is 1.82 bits per heavy atom. The third-order valence-corrected chi connectivity index (χ3v) is 3.73. The number of ether oxygens (including phenoxy) is 1. The van der Waals surface area contributed by atoms with E-state index in [1.54, 1.807) is 11.2 Å². The van der Waals surface area contributed by atoms with Gasteiger partial charge in [-0.25, -0.2) is 4.79 Å². The molecule has 1 saturated heterocycles. The molecule has 0 bridgehead atoms. The fourth-order valence-corrected chi connectivity index (χ4v) is 2.67. The van der Waals surface area contributed by atoms with Crippen molar-refractivity contribution in [3.8, 4) is 0 Å². The molecule has 2 heterocycles. The Balaban J connectivity index is 1.66. The fraction of sp³-hybridized carbons (Fsp3) is 0.471. The van der Waals surface area contributed by atoms with Crippen molar-refractivity contribution in [2.24, 2.45) is 0 Å². The fourth-order valence-electron chi connectivity index (χ4n) is 2.67. The molecule has 2 aromatic rings. The van der Waals surface area contributed by atoms with E-state index in [0.717, 1.165) is 29.7 Å². The third kappa shape index (κ3) is 3.03. The average Bonchev–Trinajstić information content (AvgIpc) is 2.89. The Morgan fingerprint density at radius 3 is 2.50 bits per heavy atom. The predicted molar refractivity (Wildman–Crippen MR) is 86.2 cm³/mol. The maximum absolute atomic E-state index is 12.1. The molecule has 118 valence electrons. The van der Waals surface area contributed by atoms with Gasteiger partial charge in [0, 0.05) is 31.6 Å². The largest absolute Gasteiger partial charge is 0.462 e. The molecule has 1 aliphatic rings. The topological polar surface area (TPSA) is 45.9 Å². The summed E-state index contributed by atoms with van der Waals surface area (Å²) in [6.45, 7) is 8.55. The number of benzene rings is 1. The van der Waals surface area contributed by atoms with Gasteiger partial charge in [0.1, 0.15) is 17.4 Å². The van der Waals surface area contributed by atoms with Crippen molar-refractivity contribution in [3.63, 3.8) is 0 Å². The van der Waals surface area contributed by atoms with E-state index >= 15 is 0 Å². The first kappa shape index (κ1) is 14.8. The van der Waals surface area contributed by atoms with Gasteiger partial charge in [-0.05, 0) is 32.9 Å². The van der Waals surface area contributed by atoms with Crippen molar-refractivity contribution in [2.75, 3.05) is 31.1 Å². The van der Waals surface area contributed by atoms with Crippen molar-refractivity contribution in [1.82, 2.24) is 4.90 Å². The van der Waals surface area contributed by atoms with Gasteiger partial charge in [0.15, 0.2) is 0 Å². The van der Waals surface area contributed by atoms with Gasteiger partial charge in [-0.1, -0.05) is 12.1 Å². The van der Waals surface area contributed by atoms with Gasteiger partial charge >= 0.3 is 6.09 Å². The van der Waals surface area contributed by atoms with E-state index in [0.29, 0.717) is 13.1 Å². The second kappa shape index (κ2) is 5.55. The molecular weight excluding hydrogens is 280 g/mol. The number of nitrogens with zero attached hydrogens (tertiary/aromatic N) is 2. The highest BCUT2D eigenvalue weighted by atomic mass is 16.6. The number of hydrogen-bond acceptors (Lipinski definition) is 4. The molecule has 5 heteroatoms. The van der Waals surface area contributed by atoms with Crippen molar-refractivity contribution < 1.29 is 13.9 Å². The Morgan fingerprint density at radius 1 is 1.14 bits per heavy atom. The number of amides is 1. The summed E-state index contributed by atoms with van der Waals surface area (Å²) >= 11 is 0. The number of anilines is 1. The summed E-state index contributed by atoms with van der Waals surface area (Å²) in [7, 11) is 0. The molecule has 0 unspecified atom stereocenters. The molecule has 1 aromatic heterocycles. The Kier molecular flexibility index (Phi) is 3.72. The van der Waals surface area contributed by atoms with Crippen LogP contribution in [0.2, 0.25) is 0 Å². The number of fused-ring (bicyclic) bond motifs is 1. The SMILES string of the molecule is CC(C)(C)OC(=O)N1CCN(c2coc3ccccc23)CC1. The first-order chi connectivity index (χ1) is 10.4. The summed E-state index contributed by atoms with van der Waals surface area (Å²) in [6.07, 6.45) is 1.57. The zero-order valence-corrected chi connectivity index (χ0v) is 13.3. The van der Waals surface area contributed by atoms with E-state index in [2.05, 4.69) is 11.0 Å². The van der Waals surface area contributed by atoms with Gasteiger partial charge in [0.25, 0.3) is 0 Å². The van der Waals surface area contributed by atoms with Crippen LogP contribution in [0.15, 0.2) is 34.9 Å². The molecule has 0 radical (unpaired) electrons. The first-order valence-electron chi connectivity index (χ1n) is 7.63. The maximum atomic E-state index is 12.1. The van der Waals surface area contributed by atoms with E-state index in [1.807, 2.05) is 39.0 Å². The smallest absolute Gasteiger partial charge is 0.410 e. The number of carbonyl (C=O) groups excluding carboxylic acids is 1. The number of furan rings is 1. The van der Waals surface area contributed by atoms with Gasteiger partial charge in [-0.3, -0.25) is 0 Å². The van der Waals surface area contributed by atoms with Crippen LogP contribution in [0, 0.1) is 0 Å². The van der Waals surface area contributed by atoms with Crippen LogP contribution in [0.4, 0.5) is 10.5 Å². The molecule has 0 aliphatic carbocycles. The molecule has 0 N–H and O–H groups in total. The minimum Gasteiger partial charge on any atom is -0.462 e. The van der Waals surface area contributed by atoms with Crippen LogP contribution in [-0.4, -0.2) is 42.8 Å². The van der Waals surface area contributed by atoms with Crippen molar-refractivity contribution in [2.45, 2.75) is 26.4 Å². The lowest BCUT2D eigenvalue weighted by Gasteiger charge is -2.36. The van der Waals surface area contributed by atoms with Crippen LogP contribution in [0.3, 0.4) is 0 Å². The zero-order chi connectivity index (χ0) is 15.7. The maximum Gasteiger partial charge on any atom is 0.410 e. The first-order valence-corrected chi connectivity index (χ1v) is 7.63. The van der Waals surface area contributed by atoms with Crippen molar-refractivity contribution >= 4 is 22.7 Å². The molecule has 0 saturated carbocycles. The Hall–Kier alpha value is -2.17. The van der Waals surface area contributed by atoms with Crippen LogP contribution < -0.4 is 4.90 Å². The zero-order valence-electron chi connectivity index (χ0n) is 13.3. The number of carbonyl (C=O) groups is 1. The lowest BCUT2D eigenvalue weighted by molar-refractivity contribution is 0.0240. The van der Waals surface area contributed by atoms with Gasteiger partial charge in [-0.15, -0.1) is 0 Å². The minimum atomic E-state index is -0.449. The van der Waals surface area contributed by atoms with Crippen molar-refractivity contribution in [3.05, 3.63) is 30.5 Å². The molecule has 5 nitrogen and oxygen atoms in total. The van der Waals surface area contributed by atoms with Gasteiger partial charge in [-0.2, -0.15) is 0 Å². The summed E-state index contributed by atoms with van der Waals surface area (Å²) in [5.41, 5.74) is 1.54. The van der Waals surface area contributed by atoms with E-state index in [4.69, 9.17) is 9.15 Å².